The van der Waals surface area contributed by atoms with E-state index in [0.717, 1.165) is 0 Å². The van der Waals surface area contributed by atoms with Crippen LogP contribution >= 0.6 is 0 Å². The number of fused-ring (bicyclic) bond motifs is 1. The van der Waals surface area contributed by atoms with Gasteiger partial charge in [0, 0.05) is 5.92 Å². The van der Waals surface area contributed by atoms with Crippen LogP contribution in [0.4, 0.5) is 4.79 Å². The van der Waals surface area contributed by atoms with Crippen LogP contribution in [0.3, 0.4) is 0 Å². The molecule has 10 atom stereocenters. The summed E-state index contributed by atoms with van der Waals surface area (Å²) in [6.45, 7) is 7.57. The predicted molar refractivity (Wildman–Crippen MR) is 91.7 cm³/mol. The maximum Gasteiger partial charge on any atom is 0.408 e. The third-order valence-electron chi connectivity index (χ3n) is 5.98. The Bertz CT molecular complexity index is 572. The van der Waals surface area contributed by atoms with E-state index in [2.05, 4.69) is 5.32 Å². The van der Waals surface area contributed by atoms with Crippen molar-refractivity contribution in [2.45, 2.75) is 83.1 Å². The standard InChI is InChI=1S/C18H29NO8/c1-6-10-13(14-11(9(4)24-10)19-18(22)27-14)25-17-8(3)7(2)12(20)15(26-17)16(21)23-5/h7-15,17,20H,6H2,1-5H3,(H,19,22)/t7-,8?,9+,10?,11?,12+,13-,14-,15?,17-/m1/s1. The molecule has 3 saturated heterocycles. The van der Waals surface area contributed by atoms with Crippen LogP contribution in [-0.2, 0) is 28.5 Å². The van der Waals surface area contributed by atoms with E-state index in [9.17, 15) is 14.7 Å². The molecule has 0 radical (unpaired) electrons. The Morgan fingerprint density at radius 1 is 1.22 bits per heavy atom. The van der Waals surface area contributed by atoms with Gasteiger partial charge in [-0.15, -0.1) is 0 Å². The van der Waals surface area contributed by atoms with Gasteiger partial charge >= 0.3 is 12.1 Å². The van der Waals surface area contributed by atoms with E-state index in [1.54, 1.807) is 0 Å². The first kappa shape index (κ1) is 20.3. The zero-order valence-electron chi connectivity index (χ0n) is 16.3. The lowest BCUT2D eigenvalue weighted by Gasteiger charge is -2.46. The molecule has 0 bridgehead atoms. The van der Waals surface area contributed by atoms with Gasteiger partial charge in [-0.1, -0.05) is 20.8 Å². The van der Waals surface area contributed by atoms with E-state index < -0.39 is 42.8 Å². The molecule has 3 aliphatic rings. The number of carbonyl (C=O) groups excluding carboxylic acids is 2. The van der Waals surface area contributed by atoms with Gasteiger partial charge in [0.25, 0.3) is 0 Å². The summed E-state index contributed by atoms with van der Waals surface area (Å²) in [6.07, 6.45) is -4.30. The number of hydrogen-bond donors (Lipinski definition) is 2. The summed E-state index contributed by atoms with van der Waals surface area (Å²) in [6, 6.07) is -0.316. The van der Waals surface area contributed by atoms with Crippen LogP contribution in [0.15, 0.2) is 0 Å². The number of rotatable bonds is 4. The van der Waals surface area contributed by atoms with E-state index in [1.165, 1.54) is 7.11 Å². The molecule has 0 aromatic rings. The molecule has 0 spiro atoms. The number of carbonyl (C=O) groups is 2. The van der Waals surface area contributed by atoms with Gasteiger partial charge in [0.1, 0.15) is 6.10 Å². The zero-order chi connectivity index (χ0) is 19.9. The molecule has 0 saturated carbocycles. The van der Waals surface area contributed by atoms with Gasteiger partial charge in [-0.25, -0.2) is 9.59 Å². The molecule has 3 rings (SSSR count). The molecule has 3 fully saturated rings. The van der Waals surface area contributed by atoms with Crippen molar-refractivity contribution in [2.75, 3.05) is 7.11 Å². The summed E-state index contributed by atoms with van der Waals surface area (Å²) in [5, 5.41) is 13.1. The fourth-order valence-electron chi connectivity index (χ4n) is 4.05. The molecular weight excluding hydrogens is 358 g/mol. The van der Waals surface area contributed by atoms with Crippen LogP contribution in [0.25, 0.3) is 0 Å². The largest absolute Gasteiger partial charge is 0.467 e. The summed E-state index contributed by atoms with van der Waals surface area (Å²) in [5.41, 5.74) is 0. The van der Waals surface area contributed by atoms with Crippen LogP contribution in [0.1, 0.15) is 34.1 Å². The van der Waals surface area contributed by atoms with Crippen LogP contribution < -0.4 is 5.32 Å². The molecule has 154 valence electrons. The van der Waals surface area contributed by atoms with Crippen molar-refractivity contribution in [2.24, 2.45) is 11.8 Å². The molecule has 0 aromatic heterocycles. The molecule has 9 nitrogen and oxygen atoms in total. The highest BCUT2D eigenvalue weighted by molar-refractivity contribution is 5.75. The van der Waals surface area contributed by atoms with E-state index in [4.69, 9.17) is 23.7 Å². The highest BCUT2D eigenvalue weighted by Crippen LogP contribution is 2.37. The van der Waals surface area contributed by atoms with Crippen molar-refractivity contribution < 1.29 is 38.4 Å². The summed E-state index contributed by atoms with van der Waals surface area (Å²) in [5.74, 6) is -1.10. The van der Waals surface area contributed by atoms with Gasteiger partial charge in [0.05, 0.1) is 31.5 Å². The number of amides is 1. The van der Waals surface area contributed by atoms with Gasteiger partial charge in [0.15, 0.2) is 18.5 Å². The highest BCUT2D eigenvalue weighted by atomic mass is 16.7. The van der Waals surface area contributed by atoms with E-state index >= 15 is 0 Å². The SMILES string of the molecule is CCC1O[C@@H](C)C2NC(=O)O[C@H]2[C@@H]1O[C@@H]1OC(C(=O)OC)[C@@H](O)[C@H](C)C1C. The third-order valence-corrected chi connectivity index (χ3v) is 5.98. The fourth-order valence-corrected chi connectivity index (χ4v) is 4.05. The number of aliphatic hydroxyl groups excluding tert-OH is 1. The van der Waals surface area contributed by atoms with E-state index in [0.29, 0.717) is 6.42 Å². The molecule has 0 aliphatic carbocycles. The maximum atomic E-state index is 12.0. The monoisotopic (exact) mass is 387 g/mol. The number of aliphatic hydroxyl groups is 1. The Morgan fingerprint density at radius 2 is 1.93 bits per heavy atom. The number of methoxy groups -OCH3 is 1. The Kier molecular flexibility index (Phi) is 5.95. The second-order valence-corrected chi connectivity index (χ2v) is 7.59. The van der Waals surface area contributed by atoms with Crippen molar-refractivity contribution in [3.63, 3.8) is 0 Å². The smallest absolute Gasteiger partial charge is 0.408 e. The number of nitrogens with one attached hydrogen (secondary N) is 1. The van der Waals surface area contributed by atoms with Crippen molar-refractivity contribution in [1.29, 1.82) is 0 Å². The molecule has 3 heterocycles. The van der Waals surface area contributed by atoms with E-state index in [1.807, 2.05) is 27.7 Å². The highest BCUT2D eigenvalue weighted by Gasteiger charge is 2.53. The molecule has 27 heavy (non-hydrogen) atoms. The number of hydrogen-bond acceptors (Lipinski definition) is 8. The molecule has 0 aromatic carbocycles. The average Bonchev–Trinajstić information content (AvgIpc) is 3.05. The average molecular weight is 387 g/mol. The minimum atomic E-state index is -1.13. The topological polar surface area (TPSA) is 113 Å². The quantitative estimate of drug-likeness (QED) is 0.674. The van der Waals surface area contributed by atoms with Gasteiger partial charge in [-0.3, -0.25) is 0 Å². The third kappa shape index (κ3) is 3.65. The second kappa shape index (κ2) is 7.90. The summed E-state index contributed by atoms with van der Waals surface area (Å²) >= 11 is 0. The lowest BCUT2D eigenvalue weighted by molar-refractivity contribution is -0.304. The first-order valence-corrected chi connectivity index (χ1v) is 9.47. The lowest BCUT2D eigenvalue weighted by atomic mass is 9.84. The molecule has 3 aliphatic heterocycles. The summed E-state index contributed by atoms with van der Waals surface area (Å²) in [4.78, 5) is 23.7. The first-order valence-electron chi connectivity index (χ1n) is 9.47. The van der Waals surface area contributed by atoms with Crippen molar-refractivity contribution in [3.8, 4) is 0 Å². The van der Waals surface area contributed by atoms with Gasteiger partial charge in [0.2, 0.25) is 0 Å². The lowest BCUT2D eigenvalue weighted by Crippen LogP contribution is -2.61. The zero-order valence-corrected chi connectivity index (χ0v) is 16.3. The number of ether oxygens (including phenoxy) is 5. The van der Waals surface area contributed by atoms with Gasteiger partial charge in [-0.2, -0.15) is 0 Å². The molecule has 2 N–H and O–H groups in total. The molecule has 9 heteroatoms. The fraction of sp³-hybridized carbons (Fsp3) is 0.889. The molecule has 1 amide bonds. The normalized spacial score (nSPS) is 47.0. The Labute approximate surface area is 158 Å². The van der Waals surface area contributed by atoms with Crippen molar-refractivity contribution >= 4 is 12.1 Å². The van der Waals surface area contributed by atoms with Gasteiger partial charge in [-0.05, 0) is 19.3 Å². The van der Waals surface area contributed by atoms with Gasteiger partial charge < -0.3 is 34.1 Å². The Hall–Kier alpha value is -1.42. The maximum absolute atomic E-state index is 12.0. The van der Waals surface area contributed by atoms with Crippen LogP contribution in [0.2, 0.25) is 0 Å². The minimum Gasteiger partial charge on any atom is -0.467 e. The summed E-state index contributed by atoms with van der Waals surface area (Å²) in [7, 11) is 1.24. The second-order valence-electron chi connectivity index (χ2n) is 7.59. The van der Waals surface area contributed by atoms with Crippen LogP contribution in [0.5, 0.6) is 0 Å². The van der Waals surface area contributed by atoms with Crippen molar-refractivity contribution in [3.05, 3.63) is 0 Å². The van der Waals surface area contributed by atoms with E-state index in [-0.39, 0.29) is 30.1 Å². The van der Waals surface area contributed by atoms with Crippen molar-refractivity contribution in [1.82, 2.24) is 5.32 Å². The predicted octanol–water partition coefficient (Wildman–Crippen LogP) is 0.577. The minimum absolute atomic E-state index is 0.193. The molecular formula is C18H29NO8. The number of esters is 1. The summed E-state index contributed by atoms with van der Waals surface area (Å²) < 4.78 is 28.2. The first-order chi connectivity index (χ1) is 12.8. The Balaban J connectivity index is 1.80. The van der Waals surface area contributed by atoms with Crippen LogP contribution in [-0.4, -0.2) is 73.2 Å². The number of alkyl carbamates (subject to hydrolysis) is 1. The Morgan fingerprint density at radius 3 is 2.56 bits per heavy atom. The molecule has 4 unspecified atom stereocenters. The van der Waals surface area contributed by atoms with Crippen LogP contribution in [0, 0.1) is 11.8 Å².